The molecule has 1 aliphatic rings. The van der Waals surface area contributed by atoms with Crippen LogP contribution in [0.3, 0.4) is 0 Å². The summed E-state index contributed by atoms with van der Waals surface area (Å²) in [4.78, 5) is 12.2. The molecular formula is C24H25N3O. The quantitative estimate of drug-likeness (QED) is 0.751. The van der Waals surface area contributed by atoms with Crippen LogP contribution in [0.4, 0.5) is 11.4 Å². The summed E-state index contributed by atoms with van der Waals surface area (Å²) in [6.07, 6.45) is 4.00. The standard InChI is InChI=1S/C24H25N3O/c1-18-15-20(8-6-14-26-22-9-5-7-21(16-22)17-25)10-11-23(18)27-24(19(2)28)12-3-4-13-24/h5,7,9-11,15-16,26-27H,3-4,12-14H2,1-2H3. The van der Waals surface area contributed by atoms with Gasteiger partial charge in [0.05, 0.1) is 23.7 Å². The van der Waals surface area contributed by atoms with Crippen molar-refractivity contribution in [3.05, 3.63) is 59.2 Å². The number of benzene rings is 2. The van der Waals surface area contributed by atoms with Crippen molar-refractivity contribution in [2.75, 3.05) is 17.2 Å². The zero-order valence-electron chi connectivity index (χ0n) is 16.4. The van der Waals surface area contributed by atoms with Gasteiger partial charge < -0.3 is 10.6 Å². The number of nitrogens with zero attached hydrogens (tertiary/aromatic N) is 1. The number of hydrogen-bond acceptors (Lipinski definition) is 4. The van der Waals surface area contributed by atoms with Crippen LogP contribution in [-0.4, -0.2) is 17.9 Å². The highest BCUT2D eigenvalue weighted by atomic mass is 16.1. The van der Waals surface area contributed by atoms with E-state index in [1.807, 2.05) is 31.2 Å². The Balaban J connectivity index is 1.64. The summed E-state index contributed by atoms with van der Waals surface area (Å²) in [6, 6.07) is 15.5. The summed E-state index contributed by atoms with van der Waals surface area (Å²) in [6.45, 7) is 4.23. The first kappa shape index (κ1) is 19.5. The van der Waals surface area contributed by atoms with Crippen molar-refractivity contribution < 1.29 is 4.79 Å². The van der Waals surface area contributed by atoms with Gasteiger partial charge in [-0.05, 0) is 68.7 Å². The van der Waals surface area contributed by atoms with E-state index in [-0.39, 0.29) is 5.78 Å². The lowest BCUT2D eigenvalue weighted by atomic mass is 9.92. The number of carbonyl (C=O) groups excluding carboxylic acids is 1. The molecule has 1 saturated carbocycles. The first-order valence-electron chi connectivity index (χ1n) is 9.65. The van der Waals surface area contributed by atoms with E-state index >= 15 is 0 Å². The molecule has 0 unspecified atom stereocenters. The minimum atomic E-state index is -0.403. The Bertz CT molecular complexity index is 969. The Morgan fingerprint density at radius 2 is 1.93 bits per heavy atom. The molecule has 0 aromatic heterocycles. The summed E-state index contributed by atoms with van der Waals surface area (Å²) in [5.74, 6) is 6.50. The van der Waals surface area contributed by atoms with Gasteiger partial charge >= 0.3 is 0 Å². The fourth-order valence-electron chi connectivity index (χ4n) is 3.67. The van der Waals surface area contributed by atoms with E-state index in [9.17, 15) is 4.79 Å². The molecule has 142 valence electrons. The summed E-state index contributed by atoms with van der Waals surface area (Å²) >= 11 is 0. The number of rotatable bonds is 5. The van der Waals surface area contributed by atoms with Gasteiger partial charge in [-0.15, -0.1) is 0 Å². The molecule has 0 saturated heterocycles. The summed E-state index contributed by atoms with van der Waals surface area (Å²) in [5.41, 5.74) is 4.15. The average Bonchev–Trinajstić information content (AvgIpc) is 3.17. The van der Waals surface area contributed by atoms with Gasteiger partial charge in [0.15, 0.2) is 5.78 Å². The molecule has 4 nitrogen and oxygen atoms in total. The van der Waals surface area contributed by atoms with Crippen LogP contribution in [0.5, 0.6) is 0 Å². The maximum atomic E-state index is 12.2. The zero-order valence-corrected chi connectivity index (χ0v) is 16.4. The third kappa shape index (κ3) is 4.53. The van der Waals surface area contributed by atoms with Crippen LogP contribution in [0.2, 0.25) is 0 Å². The first-order valence-corrected chi connectivity index (χ1v) is 9.65. The second kappa shape index (κ2) is 8.63. The van der Waals surface area contributed by atoms with Crippen LogP contribution in [0, 0.1) is 30.1 Å². The highest BCUT2D eigenvalue weighted by Gasteiger charge is 2.38. The minimum Gasteiger partial charge on any atom is -0.374 e. The third-order valence-corrected chi connectivity index (χ3v) is 5.34. The number of aryl methyl sites for hydroxylation is 1. The van der Waals surface area contributed by atoms with E-state index < -0.39 is 5.54 Å². The number of nitriles is 1. The van der Waals surface area contributed by atoms with E-state index in [4.69, 9.17) is 5.26 Å². The Morgan fingerprint density at radius 1 is 1.14 bits per heavy atom. The second-order valence-electron chi connectivity index (χ2n) is 7.35. The van der Waals surface area contributed by atoms with Crippen LogP contribution in [-0.2, 0) is 4.79 Å². The smallest absolute Gasteiger partial charge is 0.155 e. The van der Waals surface area contributed by atoms with Gasteiger partial charge in [-0.25, -0.2) is 0 Å². The molecular weight excluding hydrogens is 346 g/mol. The molecule has 0 aliphatic heterocycles. The van der Waals surface area contributed by atoms with Crippen LogP contribution in [0.25, 0.3) is 0 Å². The average molecular weight is 371 g/mol. The third-order valence-electron chi connectivity index (χ3n) is 5.34. The van der Waals surface area contributed by atoms with Gasteiger partial charge in [-0.3, -0.25) is 4.79 Å². The van der Waals surface area contributed by atoms with E-state index in [1.165, 1.54) is 0 Å². The van der Waals surface area contributed by atoms with Gasteiger partial charge in [-0.2, -0.15) is 5.26 Å². The summed E-state index contributed by atoms with van der Waals surface area (Å²) in [7, 11) is 0. The first-order chi connectivity index (χ1) is 13.5. The lowest BCUT2D eigenvalue weighted by Crippen LogP contribution is -2.42. The van der Waals surface area contributed by atoms with E-state index in [0.717, 1.165) is 48.2 Å². The molecule has 4 heteroatoms. The number of ketones is 1. The normalized spacial score (nSPS) is 14.5. The molecule has 2 aromatic rings. The number of Topliss-reactive ketones (excluding diaryl/α,β-unsaturated/α-hetero) is 1. The molecule has 0 radical (unpaired) electrons. The molecule has 0 bridgehead atoms. The number of nitrogens with one attached hydrogen (secondary N) is 2. The van der Waals surface area contributed by atoms with Crippen molar-refractivity contribution >= 4 is 17.2 Å². The Hall–Kier alpha value is -3.24. The van der Waals surface area contributed by atoms with Crippen molar-refractivity contribution in [1.29, 1.82) is 5.26 Å². The minimum absolute atomic E-state index is 0.222. The molecule has 0 atom stereocenters. The summed E-state index contributed by atoms with van der Waals surface area (Å²) in [5, 5.41) is 15.7. The Morgan fingerprint density at radius 3 is 2.61 bits per heavy atom. The Labute approximate surface area is 167 Å². The van der Waals surface area contributed by atoms with Gasteiger partial charge in [0.25, 0.3) is 0 Å². The monoisotopic (exact) mass is 371 g/mol. The van der Waals surface area contributed by atoms with Gasteiger partial charge in [-0.1, -0.05) is 30.7 Å². The molecule has 1 aliphatic carbocycles. The van der Waals surface area contributed by atoms with Gasteiger partial charge in [0.2, 0.25) is 0 Å². The predicted molar refractivity (Wildman–Crippen MR) is 113 cm³/mol. The summed E-state index contributed by atoms with van der Waals surface area (Å²) < 4.78 is 0. The van der Waals surface area contributed by atoms with Crippen LogP contribution >= 0.6 is 0 Å². The molecule has 0 heterocycles. The van der Waals surface area contributed by atoms with E-state index in [2.05, 4.69) is 34.6 Å². The largest absolute Gasteiger partial charge is 0.374 e. The molecule has 1 fully saturated rings. The van der Waals surface area contributed by atoms with Crippen molar-refractivity contribution in [2.45, 2.75) is 45.1 Å². The predicted octanol–water partition coefficient (Wildman–Crippen LogP) is 4.64. The molecule has 28 heavy (non-hydrogen) atoms. The van der Waals surface area contributed by atoms with Crippen LogP contribution < -0.4 is 10.6 Å². The molecule has 2 N–H and O–H groups in total. The van der Waals surface area contributed by atoms with Crippen LogP contribution in [0.15, 0.2) is 42.5 Å². The fraction of sp³-hybridized carbons (Fsp3) is 0.333. The number of hydrogen-bond donors (Lipinski definition) is 2. The van der Waals surface area contributed by atoms with Crippen molar-refractivity contribution in [1.82, 2.24) is 0 Å². The molecule has 0 spiro atoms. The van der Waals surface area contributed by atoms with E-state index in [0.29, 0.717) is 12.1 Å². The molecule has 0 amide bonds. The zero-order chi connectivity index (χ0) is 20.0. The Kier molecular flexibility index (Phi) is 6.02. The fourth-order valence-corrected chi connectivity index (χ4v) is 3.67. The van der Waals surface area contributed by atoms with Crippen molar-refractivity contribution in [3.63, 3.8) is 0 Å². The van der Waals surface area contributed by atoms with E-state index in [1.54, 1.807) is 19.1 Å². The lowest BCUT2D eigenvalue weighted by molar-refractivity contribution is -0.121. The number of anilines is 2. The van der Waals surface area contributed by atoms with Crippen molar-refractivity contribution in [2.24, 2.45) is 0 Å². The second-order valence-corrected chi connectivity index (χ2v) is 7.35. The van der Waals surface area contributed by atoms with Crippen LogP contribution in [0.1, 0.15) is 49.3 Å². The lowest BCUT2D eigenvalue weighted by Gasteiger charge is -2.29. The molecule has 3 rings (SSSR count). The van der Waals surface area contributed by atoms with Crippen molar-refractivity contribution in [3.8, 4) is 17.9 Å². The van der Waals surface area contributed by atoms with Gasteiger partial charge in [0, 0.05) is 16.9 Å². The maximum Gasteiger partial charge on any atom is 0.155 e. The molecule has 2 aromatic carbocycles. The highest BCUT2D eigenvalue weighted by molar-refractivity contribution is 5.89. The number of carbonyl (C=O) groups is 1. The SMILES string of the molecule is CC(=O)C1(Nc2ccc(C#CCNc3cccc(C#N)c3)cc2C)CCCC1. The van der Waals surface area contributed by atoms with Gasteiger partial charge in [0.1, 0.15) is 0 Å². The topological polar surface area (TPSA) is 64.9 Å². The maximum absolute atomic E-state index is 12.2. The highest BCUT2D eigenvalue weighted by Crippen LogP contribution is 2.35.